The first kappa shape index (κ1) is 18.8. The van der Waals surface area contributed by atoms with Crippen molar-refractivity contribution in [1.82, 2.24) is 0 Å². The van der Waals surface area contributed by atoms with E-state index in [2.05, 4.69) is 4.99 Å². The van der Waals surface area contributed by atoms with E-state index < -0.39 is 31.5 Å². The van der Waals surface area contributed by atoms with Crippen LogP contribution in [0.1, 0.15) is 5.56 Å². The van der Waals surface area contributed by atoms with Crippen molar-refractivity contribution in [3.05, 3.63) is 53.1 Å². The summed E-state index contributed by atoms with van der Waals surface area (Å²) in [4.78, 5) is 5.56. The fourth-order valence-corrected chi connectivity index (χ4v) is 4.10. The molecular weight excluding hydrogens is 409 g/mol. The maximum absolute atomic E-state index is 13.0. The SMILES string of the molecule is O=S(=O)(c1ccc(N2C=NCC2=S)cc1)c1ccc(Cl)c(C(F)(F)F)c1. The Morgan fingerprint density at radius 1 is 1.08 bits per heavy atom. The standard InChI is InChI=1S/C16H10ClF3N2O2S2/c17-14-6-5-12(7-13(14)16(18,19)20)26(23,24)11-3-1-10(2-4-11)22-9-21-8-15(22)25/h1-7,9H,8H2. The number of thiocarbonyl (C=S) groups is 1. The predicted octanol–water partition coefficient (Wildman–Crippen LogP) is 4.37. The fraction of sp³-hybridized carbons (Fsp3) is 0.125. The second-order valence-electron chi connectivity index (χ2n) is 5.36. The molecule has 0 saturated heterocycles. The van der Waals surface area contributed by atoms with Crippen LogP contribution >= 0.6 is 23.8 Å². The zero-order valence-corrected chi connectivity index (χ0v) is 15.3. The highest BCUT2D eigenvalue weighted by Gasteiger charge is 2.34. The van der Waals surface area contributed by atoms with Crippen LogP contribution in [0.15, 0.2) is 57.2 Å². The van der Waals surface area contributed by atoms with Crippen molar-refractivity contribution in [2.45, 2.75) is 16.0 Å². The molecule has 1 heterocycles. The summed E-state index contributed by atoms with van der Waals surface area (Å²) in [7, 11) is -4.14. The second-order valence-corrected chi connectivity index (χ2v) is 8.18. The quantitative estimate of drug-likeness (QED) is 0.695. The van der Waals surface area contributed by atoms with Crippen molar-refractivity contribution in [3.8, 4) is 0 Å². The second kappa shape index (κ2) is 6.64. The molecule has 2 aromatic rings. The molecule has 136 valence electrons. The van der Waals surface area contributed by atoms with Crippen LogP contribution in [-0.4, -0.2) is 26.3 Å². The zero-order valence-electron chi connectivity index (χ0n) is 12.9. The molecule has 1 aliphatic heterocycles. The molecule has 0 aliphatic carbocycles. The number of aliphatic imine (C=N–C) groups is 1. The van der Waals surface area contributed by atoms with Gasteiger partial charge in [-0.15, -0.1) is 0 Å². The summed E-state index contributed by atoms with van der Waals surface area (Å²) in [6.07, 6.45) is -3.22. The van der Waals surface area contributed by atoms with Crippen LogP contribution in [0.2, 0.25) is 5.02 Å². The molecule has 0 atom stereocenters. The van der Waals surface area contributed by atoms with Gasteiger partial charge in [0.1, 0.15) is 4.99 Å². The smallest absolute Gasteiger partial charge is 0.294 e. The highest BCUT2D eigenvalue weighted by Crippen LogP contribution is 2.37. The van der Waals surface area contributed by atoms with Crippen LogP contribution in [0.5, 0.6) is 0 Å². The lowest BCUT2D eigenvalue weighted by Gasteiger charge is -2.15. The minimum absolute atomic E-state index is 0.140. The minimum atomic E-state index is -4.75. The van der Waals surface area contributed by atoms with Crippen molar-refractivity contribution >= 4 is 50.7 Å². The molecule has 0 spiro atoms. The third-order valence-corrected chi connectivity index (χ3v) is 6.09. The topological polar surface area (TPSA) is 49.7 Å². The van der Waals surface area contributed by atoms with Crippen molar-refractivity contribution in [3.63, 3.8) is 0 Å². The van der Waals surface area contributed by atoms with Gasteiger partial charge in [-0.3, -0.25) is 9.89 Å². The van der Waals surface area contributed by atoms with E-state index in [1.54, 1.807) is 4.90 Å². The Bertz CT molecular complexity index is 1000. The molecule has 0 bridgehead atoms. The van der Waals surface area contributed by atoms with Gasteiger partial charge in [-0.05, 0) is 42.5 Å². The third-order valence-electron chi connectivity index (χ3n) is 3.67. The number of nitrogens with zero attached hydrogens (tertiary/aromatic N) is 2. The molecule has 4 nitrogen and oxygen atoms in total. The van der Waals surface area contributed by atoms with Crippen LogP contribution in [0.3, 0.4) is 0 Å². The van der Waals surface area contributed by atoms with E-state index >= 15 is 0 Å². The van der Waals surface area contributed by atoms with Crippen LogP contribution < -0.4 is 4.90 Å². The molecule has 0 amide bonds. The molecule has 26 heavy (non-hydrogen) atoms. The maximum atomic E-state index is 13.0. The summed E-state index contributed by atoms with van der Waals surface area (Å²) < 4.78 is 64.2. The van der Waals surface area contributed by atoms with Crippen LogP contribution in [-0.2, 0) is 16.0 Å². The van der Waals surface area contributed by atoms with Crippen LogP contribution in [0, 0.1) is 0 Å². The molecule has 3 rings (SSSR count). The average Bonchev–Trinajstić information content (AvgIpc) is 3.00. The molecule has 0 unspecified atom stereocenters. The highest BCUT2D eigenvalue weighted by molar-refractivity contribution is 7.91. The number of benzene rings is 2. The Kier molecular flexibility index (Phi) is 4.80. The van der Waals surface area contributed by atoms with E-state index in [4.69, 9.17) is 23.8 Å². The minimum Gasteiger partial charge on any atom is -0.294 e. The first-order chi connectivity index (χ1) is 12.1. The van der Waals surface area contributed by atoms with E-state index in [0.717, 1.165) is 12.1 Å². The van der Waals surface area contributed by atoms with Crippen molar-refractivity contribution < 1.29 is 21.6 Å². The number of hydrogen-bond acceptors (Lipinski definition) is 4. The average molecular weight is 419 g/mol. The van der Waals surface area contributed by atoms with E-state index in [9.17, 15) is 21.6 Å². The largest absolute Gasteiger partial charge is 0.417 e. The van der Waals surface area contributed by atoms with E-state index in [1.807, 2.05) is 0 Å². The summed E-state index contributed by atoms with van der Waals surface area (Å²) in [5.74, 6) is 0. The fourth-order valence-electron chi connectivity index (χ4n) is 2.36. The first-order valence-corrected chi connectivity index (χ1v) is 9.41. The molecule has 10 heteroatoms. The van der Waals surface area contributed by atoms with Gasteiger partial charge in [0, 0.05) is 5.69 Å². The number of halogens is 4. The van der Waals surface area contributed by atoms with Gasteiger partial charge < -0.3 is 0 Å². The number of sulfone groups is 1. The summed E-state index contributed by atoms with van der Waals surface area (Å²) in [5, 5.41) is -0.561. The zero-order chi connectivity index (χ0) is 19.1. The maximum Gasteiger partial charge on any atom is 0.417 e. The van der Waals surface area contributed by atoms with Crippen molar-refractivity contribution in [2.24, 2.45) is 4.99 Å². The van der Waals surface area contributed by atoms with Crippen molar-refractivity contribution in [1.29, 1.82) is 0 Å². The lowest BCUT2D eigenvalue weighted by atomic mass is 10.2. The predicted molar refractivity (Wildman–Crippen MR) is 96.8 cm³/mol. The molecular formula is C16H10ClF3N2O2S2. The molecule has 1 aliphatic rings. The first-order valence-electron chi connectivity index (χ1n) is 7.14. The number of hydrogen-bond donors (Lipinski definition) is 0. The monoisotopic (exact) mass is 418 g/mol. The van der Waals surface area contributed by atoms with Gasteiger partial charge >= 0.3 is 6.18 Å². The van der Waals surface area contributed by atoms with Crippen molar-refractivity contribution in [2.75, 3.05) is 11.4 Å². The Hall–Kier alpha value is -1.97. The van der Waals surface area contributed by atoms with E-state index in [-0.39, 0.29) is 4.90 Å². The van der Waals surface area contributed by atoms with Gasteiger partial charge in [0.05, 0.1) is 33.3 Å². The summed E-state index contributed by atoms with van der Waals surface area (Å²) in [6, 6.07) is 8.14. The normalized spacial score (nSPS) is 14.9. The van der Waals surface area contributed by atoms with Gasteiger partial charge in [0.25, 0.3) is 0 Å². The molecule has 2 aromatic carbocycles. The Balaban J connectivity index is 1.98. The highest BCUT2D eigenvalue weighted by atomic mass is 35.5. The Labute approximate surface area is 157 Å². The van der Waals surface area contributed by atoms with Gasteiger partial charge in [-0.25, -0.2) is 8.42 Å². The summed E-state index contributed by atoms with van der Waals surface area (Å²) >= 11 is 10.7. The number of alkyl halides is 3. The molecule has 0 N–H and O–H groups in total. The van der Waals surface area contributed by atoms with E-state index in [0.29, 0.717) is 23.3 Å². The van der Waals surface area contributed by atoms with Gasteiger partial charge in [-0.2, -0.15) is 13.2 Å². The van der Waals surface area contributed by atoms with Crippen LogP contribution in [0.25, 0.3) is 0 Å². The molecule has 0 aromatic heterocycles. The number of rotatable bonds is 3. The lowest BCUT2D eigenvalue weighted by molar-refractivity contribution is -0.137. The third kappa shape index (κ3) is 3.46. The molecule has 0 fully saturated rings. The van der Waals surface area contributed by atoms with E-state index in [1.165, 1.54) is 30.6 Å². The lowest BCUT2D eigenvalue weighted by Crippen LogP contribution is -2.23. The summed E-state index contributed by atoms with van der Waals surface area (Å²) in [6.45, 7) is 0.375. The van der Waals surface area contributed by atoms with Crippen LogP contribution in [0.4, 0.5) is 18.9 Å². The van der Waals surface area contributed by atoms with Gasteiger partial charge in [-0.1, -0.05) is 23.8 Å². The van der Waals surface area contributed by atoms with Gasteiger partial charge in [0.15, 0.2) is 0 Å². The molecule has 0 saturated carbocycles. The van der Waals surface area contributed by atoms with Gasteiger partial charge in [0.2, 0.25) is 9.84 Å². The molecule has 0 radical (unpaired) electrons. The number of anilines is 1. The summed E-state index contributed by atoms with van der Waals surface area (Å²) in [5.41, 5.74) is -0.585. The Morgan fingerprint density at radius 3 is 2.23 bits per heavy atom. The Morgan fingerprint density at radius 2 is 1.69 bits per heavy atom.